The number of rotatable bonds is 0. The van der Waals surface area contributed by atoms with Crippen molar-refractivity contribution in [2.45, 2.75) is 0 Å². The number of fused-ring (bicyclic) bond motifs is 1. The van der Waals surface area contributed by atoms with Gasteiger partial charge in [-0.1, -0.05) is 12.1 Å². The summed E-state index contributed by atoms with van der Waals surface area (Å²) in [4.78, 5) is 3.94. The molecule has 1 unspecified atom stereocenters. The third-order valence-electron chi connectivity index (χ3n) is 1.75. The van der Waals surface area contributed by atoms with Gasteiger partial charge in [0, 0.05) is 12.3 Å². The third kappa shape index (κ3) is 1.15. The second-order valence-corrected chi connectivity index (χ2v) is 2.55. The molecule has 0 aliphatic carbocycles. The zero-order valence-corrected chi connectivity index (χ0v) is 6.40. The highest BCUT2D eigenvalue weighted by molar-refractivity contribution is 5.85. The Hall–Kier alpha value is -1.45. The van der Waals surface area contributed by atoms with E-state index in [0.29, 0.717) is 0 Å². The Labute approximate surface area is 70.2 Å². The fourth-order valence-corrected chi connectivity index (χ4v) is 1.16. The number of para-hydroxylation sites is 1. The molecule has 1 aliphatic rings. The summed E-state index contributed by atoms with van der Waals surface area (Å²) in [5.74, 6) is 0. The summed E-state index contributed by atoms with van der Waals surface area (Å²) < 4.78 is 0. The highest BCUT2D eigenvalue weighted by Gasteiger charge is 2.06. The first-order chi connectivity index (χ1) is 5.88. The quantitative estimate of drug-likeness (QED) is 0.555. The normalized spacial score (nSPS) is 20.2. The van der Waals surface area contributed by atoms with Crippen LogP contribution < -0.4 is 5.06 Å². The second-order valence-electron chi connectivity index (χ2n) is 2.55. The first-order valence-electron chi connectivity index (χ1n) is 3.71. The lowest BCUT2D eigenvalue weighted by Gasteiger charge is -2.16. The molecular weight excluding hydrogens is 152 g/mol. The molecule has 0 saturated carbocycles. The fourth-order valence-electron chi connectivity index (χ4n) is 1.16. The Balaban J connectivity index is 2.56. The molecule has 0 spiro atoms. The van der Waals surface area contributed by atoms with E-state index >= 15 is 0 Å². The van der Waals surface area contributed by atoms with Crippen molar-refractivity contribution in [1.29, 1.82) is 0 Å². The number of hydroxylamine groups is 1. The number of nitrogens with one attached hydrogen (secondary N) is 1. The average molecular weight is 160 g/mol. The molecule has 0 aromatic heterocycles. The van der Waals surface area contributed by atoms with E-state index in [1.165, 1.54) is 12.4 Å². The van der Waals surface area contributed by atoms with E-state index in [1.807, 2.05) is 18.2 Å². The van der Waals surface area contributed by atoms with Crippen molar-refractivity contribution in [3.05, 3.63) is 47.4 Å². The van der Waals surface area contributed by atoms with Crippen molar-refractivity contribution in [1.82, 2.24) is 0 Å². The van der Waals surface area contributed by atoms with Crippen LogP contribution in [0.2, 0.25) is 0 Å². The van der Waals surface area contributed by atoms with Gasteiger partial charge in [-0.05, 0) is 6.07 Å². The molecule has 0 bridgehead atoms. The fraction of sp³-hybridized carbons (Fsp3) is 0. The zero-order chi connectivity index (χ0) is 8.39. The molecule has 2 rings (SSSR count). The number of quaternary nitrogens is 1. The highest BCUT2D eigenvalue weighted by atomic mass is 16.5. The van der Waals surface area contributed by atoms with Crippen molar-refractivity contribution in [2.24, 2.45) is 4.99 Å². The maximum Gasteiger partial charge on any atom is 0.144 e. The molecule has 0 radical (unpaired) electrons. The lowest BCUT2D eigenvalue weighted by molar-refractivity contribution is -0.714. The van der Waals surface area contributed by atoms with Gasteiger partial charge in [-0.2, -0.15) is 0 Å². The number of aliphatic imine (C=N–C) groups is 1. The molecule has 3 nitrogen and oxygen atoms in total. The Morgan fingerprint density at radius 1 is 1.25 bits per heavy atom. The van der Waals surface area contributed by atoms with Crippen LogP contribution in [0.1, 0.15) is 5.56 Å². The third-order valence-corrected chi connectivity index (χ3v) is 1.75. The first-order valence-corrected chi connectivity index (χ1v) is 3.71. The summed E-state index contributed by atoms with van der Waals surface area (Å²) in [5.41, 5.74) is 1.60. The van der Waals surface area contributed by atoms with Gasteiger partial charge in [0.1, 0.15) is 11.9 Å². The smallest absolute Gasteiger partial charge is 0.144 e. The summed E-state index contributed by atoms with van der Waals surface area (Å²) in [5, 5.41) is 11.4. The molecule has 1 aliphatic heterocycles. The van der Waals surface area contributed by atoms with Crippen molar-refractivity contribution in [3.8, 4) is 0 Å². The van der Waals surface area contributed by atoms with Crippen LogP contribution in [-0.2, 0) is 0 Å². The van der Waals surface area contributed by atoms with E-state index in [1.54, 1.807) is 12.3 Å². The average Bonchev–Trinajstić information content (AvgIpc) is 2.29. The summed E-state index contributed by atoms with van der Waals surface area (Å²) in [6.07, 6.45) is 4.68. The van der Waals surface area contributed by atoms with Crippen molar-refractivity contribution < 1.29 is 5.06 Å². The monoisotopic (exact) mass is 160 g/mol. The topological polar surface area (TPSA) is 39.9 Å². The molecule has 1 N–H and O–H groups in total. The molecule has 0 saturated heterocycles. The van der Waals surface area contributed by atoms with E-state index in [0.717, 1.165) is 11.3 Å². The molecule has 1 atom stereocenters. The van der Waals surface area contributed by atoms with Gasteiger partial charge >= 0.3 is 0 Å². The predicted molar refractivity (Wildman–Crippen MR) is 47.2 cm³/mol. The van der Waals surface area contributed by atoms with Crippen LogP contribution >= 0.6 is 0 Å². The Kier molecular flexibility index (Phi) is 1.74. The summed E-state index contributed by atoms with van der Waals surface area (Å²) >= 11 is 0. The minimum Gasteiger partial charge on any atom is -0.624 e. The lowest BCUT2D eigenvalue weighted by atomic mass is 10.2. The van der Waals surface area contributed by atoms with E-state index in [-0.39, 0.29) is 5.06 Å². The standard InChI is InChI=1S/C9H8N2O/c12-11-6-5-10-7-8-3-1-2-4-9(8)11/h1-7,11H. The second kappa shape index (κ2) is 2.89. The van der Waals surface area contributed by atoms with Crippen molar-refractivity contribution in [3.63, 3.8) is 0 Å². The summed E-state index contributed by atoms with van der Waals surface area (Å²) in [7, 11) is 0. The van der Waals surface area contributed by atoms with Crippen LogP contribution in [0.15, 0.2) is 41.7 Å². The van der Waals surface area contributed by atoms with Crippen LogP contribution in [0.3, 0.4) is 0 Å². The number of benzene rings is 1. The van der Waals surface area contributed by atoms with Gasteiger partial charge in [0.15, 0.2) is 0 Å². The van der Waals surface area contributed by atoms with Crippen LogP contribution in [0, 0.1) is 5.21 Å². The van der Waals surface area contributed by atoms with Gasteiger partial charge in [0.2, 0.25) is 0 Å². The van der Waals surface area contributed by atoms with Crippen LogP contribution in [0.5, 0.6) is 0 Å². The van der Waals surface area contributed by atoms with E-state index in [4.69, 9.17) is 0 Å². The number of hydrogen-bond donors (Lipinski definition) is 1. The Bertz CT molecular complexity index is 344. The predicted octanol–water partition coefficient (Wildman–Crippen LogP) is 0.604. The Morgan fingerprint density at radius 3 is 3.00 bits per heavy atom. The number of hydrogen-bond acceptors (Lipinski definition) is 2. The van der Waals surface area contributed by atoms with Crippen molar-refractivity contribution >= 4 is 11.9 Å². The largest absolute Gasteiger partial charge is 0.624 e. The van der Waals surface area contributed by atoms with Crippen LogP contribution in [-0.4, -0.2) is 6.21 Å². The maximum atomic E-state index is 11.3. The molecule has 60 valence electrons. The van der Waals surface area contributed by atoms with Crippen LogP contribution in [0.4, 0.5) is 5.69 Å². The van der Waals surface area contributed by atoms with Gasteiger partial charge in [-0.3, -0.25) is 4.99 Å². The SMILES string of the molecule is [O-][NH+]1C=CN=Cc2ccccc21. The van der Waals surface area contributed by atoms with E-state index in [2.05, 4.69) is 4.99 Å². The summed E-state index contributed by atoms with van der Waals surface area (Å²) in [6, 6.07) is 7.43. The number of nitrogens with zero attached hydrogens (tertiary/aromatic N) is 1. The minimum absolute atomic E-state index is 0.0168. The van der Waals surface area contributed by atoms with Gasteiger partial charge in [0.05, 0.1) is 11.8 Å². The van der Waals surface area contributed by atoms with Crippen molar-refractivity contribution in [2.75, 3.05) is 0 Å². The molecule has 1 aromatic rings. The lowest BCUT2D eigenvalue weighted by Crippen LogP contribution is -2.96. The summed E-state index contributed by atoms with van der Waals surface area (Å²) in [6.45, 7) is 0. The molecule has 0 fully saturated rings. The van der Waals surface area contributed by atoms with Gasteiger partial charge in [-0.15, -0.1) is 0 Å². The first kappa shape index (κ1) is 7.21. The van der Waals surface area contributed by atoms with Gasteiger partial charge in [0.25, 0.3) is 0 Å². The zero-order valence-electron chi connectivity index (χ0n) is 6.40. The molecule has 1 heterocycles. The molecule has 3 heteroatoms. The maximum absolute atomic E-state index is 11.3. The Morgan fingerprint density at radius 2 is 2.08 bits per heavy atom. The van der Waals surface area contributed by atoms with E-state index in [9.17, 15) is 5.21 Å². The molecule has 0 amide bonds. The van der Waals surface area contributed by atoms with Crippen LogP contribution in [0.25, 0.3) is 0 Å². The molecular formula is C9H8N2O. The van der Waals surface area contributed by atoms with Gasteiger partial charge in [-0.25, -0.2) is 0 Å². The minimum atomic E-state index is 0.0168. The van der Waals surface area contributed by atoms with Gasteiger partial charge < -0.3 is 10.3 Å². The molecule has 1 aromatic carbocycles. The highest BCUT2D eigenvalue weighted by Crippen LogP contribution is 2.08. The van der Waals surface area contributed by atoms with E-state index < -0.39 is 0 Å². The molecule has 12 heavy (non-hydrogen) atoms.